The average Bonchev–Trinajstić information content (AvgIpc) is 3.51. The van der Waals surface area contributed by atoms with Crippen molar-refractivity contribution in [1.29, 1.82) is 0 Å². The van der Waals surface area contributed by atoms with E-state index in [-0.39, 0.29) is 35.9 Å². The number of nitrogens with zero attached hydrogens (tertiary/aromatic N) is 5. The van der Waals surface area contributed by atoms with Crippen molar-refractivity contribution in [2.24, 2.45) is 5.10 Å². The van der Waals surface area contributed by atoms with Gasteiger partial charge in [0.1, 0.15) is 11.9 Å². The van der Waals surface area contributed by atoms with E-state index in [1.165, 1.54) is 0 Å². The Bertz CT molecular complexity index is 2260. The summed E-state index contributed by atoms with van der Waals surface area (Å²) in [6.07, 6.45) is 7.35. The smallest absolute Gasteiger partial charge is 0.320 e. The zero-order valence-corrected chi connectivity index (χ0v) is 34.3. The summed E-state index contributed by atoms with van der Waals surface area (Å²) in [4.78, 5) is 75.3. The van der Waals surface area contributed by atoms with Gasteiger partial charge in [-0.05, 0) is 61.6 Å². The normalized spacial score (nSPS) is 16.4. The highest BCUT2D eigenvalue weighted by Crippen LogP contribution is 2.32. The molecule has 3 aliphatic rings. The molecule has 7 rings (SSSR count). The van der Waals surface area contributed by atoms with Gasteiger partial charge in [0.05, 0.1) is 37.2 Å². The molecule has 16 nitrogen and oxygen atoms in total. The van der Waals surface area contributed by atoms with Crippen LogP contribution in [-0.4, -0.2) is 96.1 Å². The van der Waals surface area contributed by atoms with E-state index in [9.17, 15) is 24.0 Å². The maximum Gasteiger partial charge on any atom is 0.320 e. The molecule has 0 spiro atoms. The molecule has 61 heavy (non-hydrogen) atoms. The third-order valence-electron chi connectivity index (χ3n) is 10.7. The highest BCUT2D eigenvalue weighted by atomic mass is 16.5. The van der Waals surface area contributed by atoms with Crippen molar-refractivity contribution in [2.75, 3.05) is 60.4 Å². The maximum atomic E-state index is 13.3. The number of imide groups is 2. The second-order valence-electron chi connectivity index (χ2n) is 15.2. The summed E-state index contributed by atoms with van der Waals surface area (Å²) in [7, 11) is 0. The van der Waals surface area contributed by atoms with Crippen molar-refractivity contribution >= 4 is 58.8 Å². The maximum absolute atomic E-state index is 13.3. The van der Waals surface area contributed by atoms with Gasteiger partial charge in [0.25, 0.3) is 11.8 Å². The number of ether oxygens (including phenoxy) is 2. The van der Waals surface area contributed by atoms with Gasteiger partial charge < -0.3 is 25.0 Å². The van der Waals surface area contributed by atoms with Crippen LogP contribution >= 0.6 is 0 Å². The first-order valence-corrected chi connectivity index (χ1v) is 20.9. The molecule has 0 aliphatic carbocycles. The van der Waals surface area contributed by atoms with Crippen molar-refractivity contribution in [3.8, 4) is 6.01 Å². The molecule has 3 aromatic carbocycles. The predicted octanol–water partition coefficient (Wildman–Crippen LogP) is 5.48. The quantitative estimate of drug-likeness (QED) is 0.0403. The molecule has 1 atom stereocenters. The fourth-order valence-electron chi connectivity index (χ4n) is 7.48. The Morgan fingerprint density at radius 2 is 1.72 bits per heavy atom. The molecule has 1 aromatic heterocycles. The zero-order chi connectivity index (χ0) is 42.6. The van der Waals surface area contributed by atoms with E-state index in [1.54, 1.807) is 24.4 Å². The van der Waals surface area contributed by atoms with Crippen LogP contribution in [0.5, 0.6) is 6.01 Å². The summed E-state index contributed by atoms with van der Waals surface area (Å²) in [5.41, 5.74) is 7.99. The third kappa shape index (κ3) is 11.3. The van der Waals surface area contributed by atoms with Crippen molar-refractivity contribution in [2.45, 2.75) is 70.8 Å². The Labute approximate surface area is 354 Å². The Hall–Kier alpha value is -6.68. The number of hydrogen-bond acceptors (Lipinski definition) is 13. The minimum atomic E-state index is -1.00. The van der Waals surface area contributed by atoms with Gasteiger partial charge >= 0.3 is 6.01 Å². The van der Waals surface area contributed by atoms with Crippen LogP contribution in [0.1, 0.15) is 88.8 Å². The number of carbonyl (C=O) groups excluding carboxylic acids is 5. The number of amides is 5. The Morgan fingerprint density at radius 3 is 2.52 bits per heavy atom. The van der Waals surface area contributed by atoms with Gasteiger partial charge in [-0.3, -0.25) is 39.6 Å². The van der Waals surface area contributed by atoms with Crippen LogP contribution in [0.15, 0.2) is 77.9 Å². The van der Waals surface area contributed by atoms with Crippen LogP contribution in [0.25, 0.3) is 0 Å². The minimum absolute atomic E-state index is 0.0359. The van der Waals surface area contributed by atoms with Gasteiger partial charge in [0.2, 0.25) is 17.7 Å². The number of hydrazone groups is 1. The van der Waals surface area contributed by atoms with Crippen molar-refractivity contribution < 1.29 is 33.4 Å². The number of anilines is 4. The molecular formula is C45H51N9O7. The number of aryl methyl sites for hydroxylation is 1. The first kappa shape index (κ1) is 42.4. The van der Waals surface area contributed by atoms with Gasteiger partial charge in [-0.1, -0.05) is 67.3 Å². The highest BCUT2D eigenvalue weighted by Gasteiger charge is 2.45. The first-order valence-electron chi connectivity index (χ1n) is 20.9. The number of unbranched alkanes of at least 4 members (excludes halogenated alkanes) is 4. The third-order valence-corrected chi connectivity index (χ3v) is 10.7. The molecule has 0 bridgehead atoms. The summed E-state index contributed by atoms with van der Waals surface area (Å²) in [6.45, 7) is 5.68. The zero-order valence-electron chi connectivity index (χ0n) is 34.3. The minimum Gasteiger partial charge on any atom is -0.463 e. The summed E-state index contributed by atoms with van der Waals surface area (Å²) < 4.78 is 11.5. The lowest BCUT2D eigenvalue weighted by molar-refractivity contribution is -0.136. The molecule has 1 unspecified atom stereocenters. The van der Waals surface area contributed by atoms with E-state index < -0.39 is 29.7 Å². The van der Waals surface area contributed by atoms with E-state index in [4.69, 9.17) is 9.47 Å². The second-order valence-corrected chi connectivity index (χ2v) is 15.2. The number of aromatic nitrogens is 2. The number of carbonyl (C=O) groups is 5. The van der Waals surface area contributed by atoms with Crippen LogP contribution in [0.3, 0.4) is 0 Å². The molecule has 3 aliphatic heterocycles. The molecule has 16 heteroatoms. The molecule has 318 valence electrons. The van der Waals surface area contributed by atoms with E-state index in [1.807, 2.05) is 61.5 Å². The largest absolute Gasteiger partial charge is 0.463 e. The van der Waals surface area contributed by atoms with Crippen LogP contribution in [0.4, 0.5) is 23.0 Å². The molecule has 0 radical (unpaired) electrons. The molecular weight excluding hydrogens is 779 g/mol. The fourth-order valence-corrected chi connectivity index (χ4v) is 7.48. The number of nitrogens with one attached hydrogen (secondary N) is 4. The van der Waals surface area contributed by atoms with Crippen LogP contribution in [0, 0.1) is 6.92 Å². The standard InChI is InChI=1S/C45H51N9O7/c1-30-9-7-10-32(27-30)29-47-52-37-28-38(53-22-25-60-26-23-53)50-45(49-37)61-24-20-31-14-16-33(17-15-31)48-39(55)13-5-3-2-4-6-21-46-35-12-8-11-34-41(35)44(59)54(43(34)58)36-18-19-40(56)51-42(36)57/h7-12,14-17,27-29,36,46H,2-6,13,18-26H2,1H3,(H,48,55)(H,49,50,52)(H,51,56,57)/b47-29+. The van der Waals surface area contributed by atoms with Crippen LogP contribution < -0.4 is 31.0 Å². The van der Waals surface area contributed by atoms with Crippen molar-refractivity contribution in [1.82, 2.24) is 20.2 Å². The van der Waals surface area contributed by atoms with Gasteiger partial charge in [-0.25, -0.2) is 0 Å². The highest BCUT2D eigenvalue weighted by molar-refractivity contribution is 6.25. The van der Waals surface area contributed by atoms with Gasteiger partial charge in [-0.2, -0.15) is 15.1 Å². The van der Waals surface area contributed by atoms with Crippen LogP contribution in [0.2, 0.25) is 0 Å². The number of rotatable bonds is 19. The summed E-state index contributed by atoms with van der Waals surface area (Å²) in [6, 6.07) is 21.9. The van der Waals surface area contributed by atoms with Crippen LogP contribution in [-0.2, 0) is 25.5 Å². The SMILES string of the molecule is Cc1cccc(/C=N/Nc2cc(N3CCOCC3)nc(OCCc3ccc(NC(=O)CCCCCCCNc4cccc5c4C(=O)N(C4CCC(=O)NC4=O)C5=O)cc3)n2)c1. The second kappa shape index (κ2) is 20.5. The summed E-state index contributed by atoms with van der Waals surface area (Å²) >= 11 is 0. The number of hydrogen-bond donors (Lipinski definition) is 4. The summed E-state index contributed by atoms with van der Waals surface area (Å²) in [5.74, 6) is -0.864. The van der Waals surface area contributed by atoms with Gasteiger partial charge in [0, 0.05) is 56.3 Å². The van der Waals surface area contributed by atoms with E-state index in [2.05, 4.69) is 41.3 Å². The molecule has 2 saturated heterocycles. The van der Waals surface area contributed by atoms with Gasteiger partial charge in [0.15, 0.2) is 5.82 Å². The molecule has 4 aromatic rings. The number of benzene rings is 3. The Morgan fingerprint density at radius 1 is 0.934 bits per heavy atom. The molecule has 0 saturated carbocycles. The summed E-state index contributed by atoms with van der Waals surface area (Å²) in [5, 5.41) is 12.9. The van der Waals surface area contributed by atoms with Crippen molar-refractivity contribution in [3.63, 3.8) is 0 Å². The van der Waals surface area contributed by atoms with Gasteiger partial charge in [-0.15, -0.1) is 0 Å². The number of piperidine rings is 1. The lowest BCUT2D eigenvalue weighted by atomic mass is 10.0. The first-order chi connectivity index (χ1) is 29.7. The molecule has 4 N–H and O–H groups in total. The van der Waals surface area contributed by atoms with Crippen molar-refractivity contribution in [3.05, 3.63) is 101 Å². The fraction of sp³-hybridized carbons (Fsp3) is 0.378. The van der Waals surface area contributed by atoms with E-state index in [0.29, 0.717) is 50.7 Å². The number of fused-ring (bicyclic) bond motifs is 1. The topological polar surface area (TPSA) is 197 Å². The Kier molecular flexibility index (Phi) is 14.3. The number of morpholine rings is 1. The molecule has 5 amide bonds. The lowest BCUT2D eigenvalue weighted by Gasteiger charge is -2.28. The Balaban J connectivity index is 0.793. The molecule has 4 heterocycles. The van der Waals surface area contributed by atoms with E-state index >= 15 is 0 Å². The monoisotopic (exact) mass is 829 g/mol. The lowest BCUT2D eigenvalue weighted by Crippen LogP contribution is -2.54. The predicted molar refractivity (Wildman–Crippen MR) is 231 cm³/mol. The van der Waals surface area contributed by atoms with E-state index in [0.717, 1.165) is 78.3 Å². The average molecular weight is 830 g/mol. The molecule has 2 fully saturated rings.